The summed E-state index contributed by atoms with van der Waals surface area (Å²) < 4.78 is 0.881. The van der Waals surface area contributed by atoms with Gasteiger partial charge in [-0.05, 0) is 42.7 Å². The van der Waals surface area contributed by atoms with Crippen LogP contribution in [0.1, 0.15) is 24.8 Å². The molecule has 0 aliphatic heterocycles. The minimum atomic E-state index is 0.175. The van der Waals surface area contributed by atoms with Crippen molar-refractivity contribution in [3.05, 3.63) is 21.3 Å². The highest BCUT2D eigenvalue weighted by Crippen LogP contribution is 2.37. The second-order valence-corrected chi connectivity index (χ2v) is 5.16. The Labute approximate surface area is 81.5 Å². The lowest BCUT2D eigenvalue weighted by Crippen LogP contribution is -2.21. The lowest BCUT2D eigenvalue weighted by molar-refractivity contribution is 0.610. The molecule has 1 aliphatic carbocycles. The number of halogens is 1. The predicted octanol–water partition coefficient (Wildman–Crippen LogP) is 2.83. The van der Waals surface area contributed by atoms with E-state index in [9.17, 15) is 0 Å². The largest absolute Gasteiger partial charge is 0.325 e. The van der Waals surface area contributed by atoms with Crippen molar-refractivity contribution in [2.24, 2.45) is 5.73 Å². The van der Waals surface area contributed by atoms with E-state index in [1.54, 1.807) is 11.3 Å². The van der Waals surface area contributed by atoms with Crippen LogP contribution in [0.4, 0.5) is 0 Å². The quantitative estimate of drug-likeness (QED) is 0.800. The molecular weight excluding hydrogens is 190 g/mol. The van der Waals surface area contributed by atoms with Crippen molar-refractivity contribution in [1.82, 2.24) is 0 Å². The summed E-state index contributed by atoms with van der Waals surface area (Å²) in [6, 6.07) is 2.04. The van der Waals surface area contributed by atoms with Gasteiger partial charge in [-0.25, -0.2) is 0 Å². The second-order valence-electron chi connectivity index (χ2n) is 3.62. The van der Waals surface area contributed by atoms with Gasteiger partial charge in [0.2, 0.25) is 0 Å². The molecule has 1 nitrogen and oxygen atoms in total. The van der Waals surface area contributed by atoms with Crippen LogP contribution in [0.15, 0.2) is 11.4 Å². The molecule has 1 fully saturated rings. The van der Waals surface area contributed by atoms with Crippen LogP contribution in [0.25, 0.3) is 0 Å². The molecule has 1 aromatic heterocycles. The van der Waals surface area contributed by atoms with E-state index in [-0.39, 0.29) is 5.54 Å². The molecule has 0 bridgehead atoms. The Kier molecular flexibility index (Phi) is 2.15. The molecule has 0 amide bonds. The van der Waals surface area contributed by atoms with Crippen molar-refractivity contribution in [2.75, 3.05) is 0 Å². The van der Waals surface area contributed by atoms with Crippen molar-refractivity contribution in [3.8, 4) is 0 Å². The standard InChI is InChI=1S/C9H12ClNS/c10-8-5-7(6-12-8)1-2-9(11)3-4-9/h5-6H,1-4,11H2. The van der Waals surface area contributed by atoms with Crippen molar-refractivity contribution < 1.29 is 0 Å². The van der Waals surface area contributed by atoms with Gasteiger partial charge in [-0.1, -0.05) is 11.6 Å². The topological polar surface area (TPSA) is 26.0 Å². The summed E-state index contributed by atoms with van der Waals surface area (Å²) in [5, 5.41) is 2.12. The van der Waals surface area contributed by atoms with Gasteiger partial charge in [-0.15, -0.1) is 11.3 Å². The average molecular weight is 202 g/mol. The van der Waals surface area contributed by atoms with Crippen molar-refractivity contribution in [1.29, 1.82) is 0 Å². The highest BCUT2D eigenvalue weighted by atomic mass is 35.5. The number of thiophene rings is 1. The lowest BCUT2D eigenvalue weighted by Gasteiger charge is -2.05. The van der Waals surface area contributed by atoms with Crippen molar-refractivity contribution in [3.63, 3.8) is 0 Å². The lowest BCUT2D eigenvalue weighted by atomic mass is 10.1. The molecule has 1 heterocycles. The minimum absolute atomic E-state index is 0.175. The van der Waals surface area contributed by atoms with Gasteiger partial charge in [-0.3, -0.25) is 0 Å². The first-order valence-corrected chi connectivity index (χ1v) is 5.46. The molecule has 0 unspecified atom stereocenters. The third kappa shape index (κ3) is 2.00. The van der Waals surface area contributed by atoms with Gasteiger partial charge in [0.25, 0.3) is 0 Å². The number of rotatable bonds is 3. The highest BCUT2D eigenvalue weighted by molar-refractivity contribution is 7.14. The van der Waals surface area contributed by atoms with Crippen LogP contribution in [-0.2, 0) is 6.42 Å². The first-order valence-electron chi connectivity index (χ1n) is 4.20. The maximum absolute atomic E-state index is 5.97. The summed E-state index contributed by atoms with van der Waals surface area (Å²) >= 11 is 7.41. The summed E-state index contributed by atoms with van der Waals surface area (Å²) in [6.45, 7) is 0. The Morgan fingerprint density at radius 2 is 2.33 bits per heavy atom. The van der Waals surface area contributed by atoms with E-state index < -0.39 is 0 Å². The van der Waals surface area contributed by atoms with E-state index >= 15 is 0 Å². The number of aryl methyl sites for hydroxylation is 1. The van der Waals surface area contributed by atoms with Crippen molar-refractivity contribution >= 4 is 22.9 Å². The normalized spacial score (nSPS) is 19.5. The van der Waals surface area contributed by atoms with E-state index in [0.29, 0.717) is 0 Å². The Morgan fingerprint density at radius 1 is 1.58 bits per heavy atom. The molecule has 1 aliphatic rings. The fraction of sp³-hybridized carbons (Fsp3) is 0.556. The molecule has 0 aromatic carbocycles. The zero-order chi connectivity index (χ0) is 8.60. The Hall–Kier alpha value is -0.0500. The SMILES string of the molecule is NC1(CCc2csc(Cl)c2)CC1. The van der Waals surface area contributed by atoms with Crippen LogP contribution >= 0.6 is 22.9 Å². The molecular formula is C9H12ClNS. The molecule has 3 heteroatoms. The van der Waals surface area contributed by atoms with Gasteiger partial charge in [0, 0.05) is 5.54 Å². The maximum Gasteiger partial charge on any atom is 0.0931 e. The molecule has 0 saturated heterocycles. The van der Waals surface area contributed by atoms with Gasteiger partial charge < -0.3 is 5.73 Å². The average Bonchev–Trinajstić information content (AvgIpc) is 2.60. The Balaban J connectivity index is 1.87. The van der Waals surface area contributed by atoms with Gasteiger partial charge >= 0.3 is 0 Å². The van der Waals surface area contributed by atoms with Crippen molar-refractivity contribution in [2.45, 2.75) is 31.2 Å². The predicted molar refractivity (Wildman–Crippen MR) is 53.8 cm³/mol. The summed E-state index contributed by atoms with van der Waals surface area (Å²) in [7, 11) is 0. The monoisotopic (exact) mass is 201 g/mol. The third-order valence-corrected chi connectivity index (χ3v) is 3.57. The van der Waals surface area contributed by atoms with Crippen LogP contribution in [0.3, 0.4) is 0 Å². The van der Waals surface area contributed by atoms with Crippen LogP contribution in [0.2, 0.25) is 4.34 Å². The number of hydrogen-bond acceptors (Lipinski definition) is 2. The van der Waals surface area contributed by atoms with Gasteiger partial charge in [0.1, 0.15) is 0 Å². The van der Waals surface area contributed by atoms with Crippen LogP contribution in [-0.4, -0.2) is 5.54 Å². The van der Waals surface area contributed by atoms with E-state index in [2.05, 4.69) is 5.38 Å². The first-order chi connectivity index (χ1) is 5.68. The molecule has 1 aromatic rings. The number of hydrogen-bond donors (Lipinski definition) is 1. The fourth-order valence-corrected chi connectivity index (χ4v) is 2.22. The first kappa shape index (κ1) is 8.54. The zero-order valence-corrected chi connectivity index (χ0v) is 8.42. The molecule has 1 saturated carbocycles. The van der Waals surface area contributed by atoms with Gasteiger partial charge in [0.15, 0.2) is 0 Å². The van der Waals surface area contributed by atoms with Crippen LogP contribution < -0.4 is 5.73 Å². The smallest absolute Gasteiger partial charge is 0.0931 e. The second kappa shape index (κ2) is 3.02. The maximum atomic E-state index is 5.97. The van der Waals surface area contributed by atoms with Gasteiger partial charge in [0.05, 0.1) is 4.34 Å². The summed E-state index contributed by atoms with van der Waals surface area (Å²) in [5.74, 6) is 0. The highest BCUT2D eigenvalue weighted by Gasteiger charge is 2.37. The molecule has 2 rings (SSSR count). The van der Waals surface area contributed by atoms with E-state index in [1.165, 1.54) is 18.4 Å². The molecule has 0 spiro atoms. The Bertz CT molecular complexity index is 278. The summed E-state index contributed by atoms with van der Waals surface area (Å²) in [6.07, 6.45) is 4.59. The third-order valence-electron chi connectivity index (χ3n) is 2.43. The molecule has 66 valence electrons. The molecule has 2 N–H and O–H groups in total. The summed E-state index contributed by atoms with van der Waals surface area (Å²) in [5.41, 5.74) is 7.48. The van der Waals surface area contributed by atoms with E-state index in [4.69, 9.17) is 17.3 Å². The molecule has 0 radical (unpaired) electrons. The fourth-order valence-electron chi connectivity index (χ4n) is 1.28. The van der Waals surface area contributed by atoms with Crippen LogP contribution in [0, 0.1) is 0 Å². The Morgan fingerprint density at radius 3 is 2.83 bits per heavy atom. The van der Waals surface area contributed by atoms with E-state index in [0.717, 1.165) is 17.2 Å². The van der Waals surface area contributed by atoms with Crippen LogP contribution in [0.5, 0.6) is 0 Å². The molecule has 12 heavy (non-hydrogen) atoms. The summed E-state index contributed by atoms with van der Waals surface area (Å²) in [4.78, 5) is 0. The zero-order valence-electron chi connectivity index (χ0n) is 6.85. The number of nitrogens with two attached hydrogens (primary N) is 1. The minimum Gasteiger partial charge on any atom is -0.325 e. The molecule has 0 atom stereocenters. The van der Waals surface area contributed by atoms with Gasteiger partial charge in [-0.2, -0.15) is 0 Å². The van der Waals surface area contributed by atoms with E-state index in [1.807, 2.05) is 6.07 Å².